The molecule has 1 unspecified atom stereocenters. The Bertz CT molecular complexity index is 1530. The molecule has 0 spiro atoms. The third-order valence-electron chi connectivity index (χ3n) is 7.64. The van der Waals surface area contributed by atoms with E-state index in [-0.39, 0.29) is 28.2 Å². The van der Waals surface area contributed by atoms with Gasteiger partial charge in [0.2, 0.25) is 0 Å². The second-order valence-corrected chi connectivity index (χ2v) is 12.7. The molecule has 1 amide bonds. The first-order valence-corrected chi connectivity index (χ1v) is 15.4. The molecule has 3 aromatic rings. The zero-order valence-corrected chi connectivity index (χ0v) is 24.7. The number of aliphatic hydroxyl groups is 1. The standard InChI is InChI=1S/C31H34F3N3O5S/c1-4-43(40,41)26-12-7-23(8-13-26)27(19-38)36-30(39)24-9-14-29(35-17-24)37-18-22(16-28(37)20(2)42-3)15-21-5-10-25(11-6-21)31(32,33)34/h5-14,17,22,27-28,38H,2,4,15-16,18-19H2,1,3H3,(H,36,39)/t22?,27-,28-/m0/s1. The number of benzene rings is 2. The molecule has 1 aliphatic heterocycles. The normalized spacial score (nSPS) is 17.9. The predicted molar refractivity (Wildman–Crippen MR) is 156 cm³/mol. The summed E-state index contributed by atoms with van der Waals surface area (Å²) in [4.78, 5) is 19.6. The number of aliphatic hydroxyl groups excluding tert-OH is 1. The highest BCUT2D eigenvalue weighted by molar-refractivity contribution is 7.91. The van der Waals surface area contributed by atoms with Crippen LogP contribution in [0.15, 0.2) is 84.1 Å². The van der Waals surface area contributed by atoms with Gasteiger partial charge in [0.1, 0.15) is 11.6 Å². The molecule has 0 radical (unpaired) electrons. The van der Waals surface area contributed by atoms with E-state index in [1.165, 1.54) is 37.6 Å². The number of nitrogens with zero attached hydrogens (tertiary/aromatic N) is 2. The molecule has 0 bridgehead atoms. The van der Waals surface area contributed by atoms with Gasteiger partial charge in [-0.15, -0.1) is 0 Å². The molecule has 1 fully saturated rings. The summed E-state index contributed by atoms with van der Waals surface area (Å²) in [5.74, 6) is 0.709. The van der Waals surface area contributed by atoms with Gasteiger partial charge in [0.05, 0.1) is 47.6 Å². The number of aromatic nitrogens is 1. The van der Waals surface area contributed by atoms with E-state index in [4.69, 9.17) is 4.74 Å². The molecular weight excluding hydrogens is 583 g/mol. The predicted octanol–water partition coefficient (Wildman–Crippen LogP) is 4.96. The number of amides is 1. The van der Waals surface area contributed by atoms with Crippen molar-refractivity contribution in [1.82, 2.24) is 10.3 Å². The minimum absolute atomic E-state index is 0.0347. The lowest BCUT2D eigenvalue weighted by atomic mass is 9.95. The van der Waals surface area contributed by atoms with E-state index in [0.29, 0.717) is 36.5 Å². The van der Waals surface area contributed by atoms with Crippen LogP contribution in [0.1, 0.15) is 46.4 Å². The number of carbonyl (C=O) groups is 1. The maximum atomic E-state index is 13.0. The van der Waals surface area contributed by atoms with Crippen molar-refractivity contribution in [3.63, 3.8) is 0 Å². The lowest BCUT2D eigenvalue weighted by molar-refractivity contribution is -0.137. The van der Waals surface area contributed by atoms with Gasteiger partial charge >= 0.3 is 6.18 Å². The first-order valence-electron chi connectivity index (χ1n) is 13.7. The van der Waals surface area contributed by atoms with E-state index in [2.05, 4.69) is 16.9 Å². The van der Waals surface area contributed by atoms with Gasteiger partial charge in [-0.1, -0.05) is 37.8 Å². The van der Waals surface area contributed by atoms with Gasteiger partial charge < -0.3 is 20.1 Å². The maximum absolute atomic E-state index is 13.0. The van der Waals surface area contributed by atoms with E-state index >= 15 is 0 Å². The van der Waals surface area contributed by atoms with Gasteiger partial charge in [-0.3, -0.25) is 4.79 Å². The number of ether oxygens (including phenoxy) is 1. The maximum Gasteiger partial charge on any atom is 0.416 e. The van der Waals surface area contributed by atoms with Crippen LogP contribution in [0.25, 0.3) is 0 Å². The van der Waals surface area contributed by atoms with Crippen LogP contribution in [-0.2, 0) is 27.2 Å². The zero-order chi connectivity index (χ0) is 31.4. The fraction of sp³-hybridized carbons (Fsp3) is 0.355. The van der Waals surface area contributed by atoms with Crippen LogP contribution in [0, 0.1) is 5.92 Å². The summed E-state index contributed by atoms with van der Waals surface area (Å²) in [5, 5.41) is 12.6. The van der Waals surface area contributed by atoms with Crippen LogP contribution in [-0.4, -0.2) is 56.5 Å². The minimum Gasteiger partial charge on any atom is -0.500 e. The molecule has 3 atom stereocenters. The molecule has 1 aromatic heterocycles. The number of methoxy groups -OCH3 is 1. The van der Waals surface area contributed by atoms with E-state index in [1.807, 2.05) is 4.90 Å². The van der Waals surface area contributed by atoms with E-state index in [1.54, 1.807) is 31.2 Å². The molecule has 43 heavy (non-hydrogen) atoms. The average molecular weight is 618 g/mol. The first kappa shape index (κ1) is 32.0. The van der Waals surface area contributed by atoms with Gasteiger partial charge in [-0.2, -0.15) is 13.2 Å². The highest BCUT2D eigenvalue weighted by Crippen LogP contribution is 2.34. The van der Waals surface area contributed by atoms with Crippen LogP contribution in [0.3, 0.4) is 0 Å². The third kappa shape index (κ3) is 7.55. The summed E-state index contributed by atoms with van der Waals surface area (Å²) >= 11 is 0. The number of alkyl halides is 3. The second kappa shape index (κ2) is 13.2. The van der Waals surface area contributed by atoms with Crippen molar-refractivity contribution >= 4 is 21.6 Å². The van der Waals surface area contributed by atoms with Crippen molar-refractivity contribution < 1.29 is 36.2 Å². The number of carbonyl (C=O) groups excluding carboxylic acids is 1. The van der Waals surface area contributed by atoms with Crippen molar-refractivity contribution in [2.24, 2.45) is 5.92 Å². The van der Waals surface area contributed by atoms with Crippen molar-refractivity contribution in [2.75, 3.05) is 30.9 Å². The number of halogens is 3. The molecule has 230 valence electrons. The highest BCUT2D eigenvalue weighted by Gasteiger charge is 2.36. The van der Waals surface area contributed by atoms with Crippen LogP contribution in [0.5, 0.6) is 0 Å². The molecule has 1 aliphatic rings. The molecule has 2 N–H and O–H groups in total. The molecule has 4 rings (SSSR count). The summed E-state index contributed by atoms with van der Waals surface area (Å²) in [6, 6.07) is 13.5. The van der Waals surface area contributed by atoms with Crippen LogP contribution in [0.2, 0.25) is 0 Å². The topological polar surface area (TPSA) is 109 Å². The summed E-state index contributed by atoms with van der Waals surface area (Å²) < 4.78 is 68.4. The summed E-state index contributed by atoms with van der Waals surface area (Å²) in [6.07, 6.45) is -1.74. The Balaban J connectivity index is 1.44. The minimum atomic E-state index is -4.39. The van der Waals surface area contributed by atoms with Gasteiger partial charge in [0.15, 0.2) is 9.84 Å². The van der Waals surface area contributed by atoms with Crippen LogP contribution < -0.4 is 10.2 Å². The second-order valence-electron chi connectivity index (χ2n) is 10.4. The molecule has 0 saturated carbocycles. The highest BCUT2D eigenvalue weighted by atomic mass is 32.2. The molecule has 0 aliphatic carbocycles. The fourth-order valence-electron chi connectivity index (χ4n) is 5.17. The lowest BCUT2D eigenvalue weighted by Crippen LogP contribution is -2.33. The number of sulfone groups is 1. The summed E-state index contributed by atoms with van der Waals surface area (Å²) in [5.41, 5.74) is 0.915. The Labute approximate surface area is 249 Å². The SMILES string of the molecule is C=C(OC)[C@@H]1CC(Cc2ccc(C(F)(F)F)cc2)CN1c1ccc(C(=O)N[C@@H](CO)c2ccc(S(=O)(=O)CC)cc2)cn1. The summed E-state index contributed by atoms with van der Waals surface area (Å²) in [7, 11) is -1.85. The molecule has 2 aromatic carbocycles. The van der Waals surface area contributed by atoms with Crippen LogP contribution >= 0.6 is 0 Å². The molecule has 8 nitrogen and oxygen atoms in total. The Morgan fingerprint density at radius 3 is 2.35 bits per heavy atom. The van der Waals surface area contributed by atoms with E-state index < -0.39 is 40.1 Å². The molecule has 1 saturated heterocycles. The monoisotopic (exact) mass is 617 g/mol. The Morgan fingerprint density at radius 1 is 1.14 bits per heavy atom. The van der Waals surface area contributed by atoms with Crippen molar-refractivity contribution in [3.8, 4) is 0 Å². The molecule has 2 heterocycles. The number of nitrogens with one attached hydrogen (secondary N) is 1. The third-order valence-corrected chi connectivity index (χ3v) is 9.39. The van der Waals surface area contributed by atoms with Gasteiger partial charge in [-0.05, 0) is 66.3 Å². The summed E-state index contributed by atoms with van der Waals surface area (Å²) in [6.45, 7) is 5.73. The lowest BCUT2D eigenvalue weighted by Gasteiger charge is -2.26. The van der Waals surface area contributed by atoms with Crippen molar-refractivity contribution in [3.05, 3.63) is 101 Å². The number of rotatable bonds is 11. The Morgan fingerprint density at radius 2 is 1.81 bits per heavy atom. The largest absolute Gasteiger partial charge is 0.500 e. The Hall–Kier alpha value is -3.90. The van der Waals surface area contributed by atoms with E-state index in [9.17, 15) is 31.5 Å². The van der Waals surface area contributed by atoms with E-state index in [0.717, 1.165) is 17.7 Å². The number of hydrogen-bond acceptors (Lipinski definition) is 7. The Kier molecular flexibility index (Phi) is 9.81. The van der Waals surface area contributed by atoms with Gasteiger partial charge in [-0.25, -0.2) is 13.4 Å². The van der Waals surface area contributed by atoms with Crippen molar-refractivity contribution in [1.29, 1.82) is 0 Å². The average Bonchev–Trinajstić information content (AvgIpc) is 3.43. The number of pyridine rings is 1. The fourth-order valence-corrected chi connectivity index (χ4v) is 6.05. The smallest absolute Gasteiger partial charge is 0.416 e. The number of hydrogen-bond donors (Lipinski definition) is 2. The van der Waals surface area contributed by atoms with Crippen molar-refractivity contribution in [2.45, 2.75) is 42.9 Å². The van der Waals surface area contributed by atoms with Gasteiger partial charge in [0.25, 0.3) is 5.91 Å². The molecule has 12 heteroatoms. The first-order chi connectivity index (χ1) is 20.4. The number of anilines is 1. The van der Waals surface area contributed by atoms with Gasteiger partial charge in [0, 0.05) is 12.7 Å². The zero-order valence-electron chi connectivity index (χ0n) is 23.8. The molecular formula is C31H34F3N3O5S. The van der Waals surface area contributed by atoms with Crippen LogP contribution in [0.4, 0.5) is 19.0 Å². The quantitative estimate of drug-likeness (QED) is 0.293.